The Morgan fingerprint density at radius 2 is 1.97 bits per heavy atom. The van der Waals surface area contributed by atoms with Crippen LogP contribution in [-0.4, -0.2) is 56.4 Å². The first-order valence-corrected chi connectivity index (χ1v) is 13.2. The van der Waals surface area contributed by atoms with Crippen molar-refractivity contribution in [2.45, 2.75) is 17.9 Å². The molecule has 1 saturated heterocycles. The molecule has 1 atom stereocenters. The number of ether oxygens (including phenoxy) is 1. The summed E-state index contributed by atoms with van der Waals surface area (Å²) in [5.74, 6) is -0.437. The van der Waals surface area contributed by atoms with Gasteiger partial charge in [-0.3, -0.25) is 14.3 Å². The molecule has 2 aromatic carbocycles. The topological polar surface area (TPSA) is 72.8 Å². The average molecular weight is 546 g/mol. The van der Waals surface area contributed by atoms with Gasteiger partial charge in [-0.2, -0.15) is 0 Å². The van der Waals surface area contributed by atoms with E-state index >= 15 is 0 Å². The van der Waals surface area contributed by atoms with Gasteiger partial charge in [-0.05, 0) is 0 Å². The first-order chi connectivity index (χ1) is 16.5. The van der Waals surface area contributed by atoms with Gasteiger partial charge in [0.25, 0.3) is 5.91 Å². The maximum atomic E-state index is 13.2. The number of nitrogens with zero attached hydrogens (tertiary/aromatic N) is 2. The van der Waals surface area contributed by atoms with Crippen molar-refractivity contribution in [1.29, 1.82) is 0 Å². The van der Waals surface area contributed by atoms with Gasteiger partial charge < -0.3 is 19.2 Å². The number of benzene rings is 2. The van der Waals surface area contributed by atoms with Crippen molar-refractivity contribution < 1.29 is 18.1 Å². The van der Waals surface area contributed by atoms with Gasteiger partial charge in [0, 0.05) is 31.7 Å². The molecule has 0 radical (unpaired) electrons. The summed E-state index contributed by atoms with van der Waals surface area (Å²) in [5.41, 5.74) is 6.75. The molecule has 7 nitrogen and oxygen atoms in total. The fraction of sp³-hybridized carbons (Fsp3) is 0.250. The van der Waals surface area contributed by atoms with Crippen molar-refractivity contribution in [3.8, 4) is 5.75 Å². The molecule has 3 aliphatic heterocycles. The Morgan fingerprint density at radius 3 is 2.82 bits per heavy atom. The van der Waals surface area contributed by atoms with E-state index in [0.29, 0.717) is 34.7 Å². The molecule has 34 heavy (non-hydrogen) atoms. The Hall–Kier alpha value is -2.78. The number of carbonyl (C=O) groups is 1. The minimum Gasteiger partial charge on any atom is -0.422 e. The van der Waals surface area contributed by atoms with Crippen LogP contribution >= 0.6 is 12.9 Å². The number of amides is 1. The first kappa shape index (κ1) is 23.0. The number of hydrogen-bond acceptors (Lipinski definition) is 6. The Bertz CT molecular complexity index is 1300. The molecule has 4 heterocycles. The molecule has 1 aromatic heterocycles. The second-order valence-corrected chi connectivity index (χ2v) is 10.3. The third kappa shape index (κ3) is 4.46. The molecule has 176 valence electrons. The van der Waals surface area contributed by atoms with Crippen LogP contribution in [0.2, 0.25) is 0 Å². The van der Waals surface area contributed by atoms with Crippen molar-refractivity contribution in [3.63, 3.8) is 0 Å². The van der Waals surface area contributed by atoms with Crippen molar-refractivity contribution in [1.82, 2.24) is 9.58 Å². The van der Waals surface area contributed by atoms with E-state index in [2.05, 4.69) is 42.6 Å². The number of aromatic nitrogens is 1. The van der Waals surface area contributed by atoms with Crippen molar-refractivity contribution in [2.24, 2.45) is 0 Å². The number of morpholine rings is 1. The molecule has 0 spiro atoms. The molecular weight excluding hydrogens is 524 g/mol. The van der Waals surface area contributed by atoms with Crippen LogP contribution in [0, 0.1) is 5.82 Å². The zero-order valence-electron chi connectivity index (χ0n) is 18.1. The SMILES string of the molecule is Fc1ccc2c(c1)C[Se]c1ccccc1C2.O=C1c2c(OS)c(=O)ccn2NC2COCCN12. The smallest absolute Gasteiger partial charge is 0.278 e. The van der Waals surface area contributed by atoms with Crippen LogP contribution in [0.25, 0.3) is 0 Å². The molecule has 3 aromatic rings. The number of halogens is 1. The summed E-state index contributed by atoms with van der Waals surface area (Å²) in [6.07, 6.45) is 2.22. The number of pyridine rings is 1. The summed E-state index contributed by atoms with van der Waals surface area (Å²) >= 11 is 4.08. The summed E-state index contributed by atoms with van der Waals surface area (Å²) < 4.78 is 26.1. The number of thiol groups is 1. The van der Waals surface area contributed by atoms with E-state index in [0.717, 1.165) is 11.7 Å². The second-order valence-electron chi connectivity index (χ2n) is 8.02. The molecule has 1 N–H and O–H groups in total. The van der Waals surface area contributed by atoms with Crippen LogP contribution in [0.1, 0.15) is 27.2 Å². The van der Waals surface area contributed by atoms with Crippen LogP contribution in [0.3, 0.4) is 0 Å². The van der Waals surface area contributed by atoms with Crippen molar-refractivity contribution in [3.05, 3.63) is 93.2 Å². The minimum atomic E-state index is -0.377. The predicted octanol–water partition coefficient (Wildman–Crippen LogP) is 1.69. The van der Waals surface area contributed by atoms with Gasteiger partial charge in [-0.25, -0.2) is 0 Å². The third-order valence-corrected chi connectivity index (χ3v) is 8.56. The van der Waals surface area contributed by atoms with Gasteiger partial charge in [0.05, 0.1) is 13.2 Å². The van der Waals surface area contributed by atoms with E-state index < -0.39 is 0 Å². The molecular formula is C24H22FN3O4SSe. The van der Waals surface area contributed by atoms with E-state index in [-0.39, 0.29) is 34.8 Å². The summed E-state index contributed by atoms with van der Waals surface area (Å²) in [5, 5.41) is 1.01. The zero-order chi connectivity index (χ0) is 23.7. The largest absolute Gasteiger partial charge is 0.422 e. The van der Waals surface area contributed by atoms with Gasteiger partial charge in [0.1, 0.15) is 6.17 Å². The van der Waals surface area contributed by atoms with E-state index in [9.17, 15) is 14.0 Å². The average Bonchev–Trinajstić information content (AvgIpc) is 3.04. The van der Waals surface area contributed by atoms with E-state index in [1.165, 1.54) is 38.1 Å². The molecule has 1 fully saturated rings. The van der Waals surface area contributed by atoms with E-state index in [1.54, 1.807) is 17.0 Å². The minimum absolute atomic E-state index is 0.0664. The Balaban J connectivity index is 0.000000142. The maximum Gasteiger partial charge on any atom is 0.278 e. The predicted molar refractivity (Wildman–Crippen MR) is 130 cm³/mol. The van der Waals surface area contributed by atoms with Gasteiger partial charge >= 0.3 is 101 Å². The number of hydrogen-bond donors (Lipinski definition) is 2. The summed E-state index contributed by atoms with van der Waals surface area (Å²) in [4.78, 5) is 25.6. The van der Waals surface area contributed by atoms with Gasteiger partial charge in [-0.15, -0.1) is 0 Å². The Morgan fingerprint density at radius 1 is 1.12 bits per heavy atom. The number of carbonyl (C=O) groups excluding carboxylic acids is 1. The van der Waals surface area contributed by atoms with Crippen molar-refractivity contribution >= 4 is 38.2 Å². The first-order valence-electron chi connectivity index (χ1n) is 10.8. The number of nitrogens with one attached hydrogen (secondary N) is 1. The third-order valence-electron chi connectivity index (χ3n) is 5.93. The monoisotopic (exact) mass is 547 g/mol. The molecule has 0 aliphatic carbocycles. The molecule has 3 aliphatic rings. The normalized spacial score (nSPS) is 18.1. The Labute approximate surface area is 207 Å². The van der Waals surface area contributed by atoms with E-state index in [4.69, 9.17) is 8.92 Å². The molecule has 1 amide bonds. The quantitative estimate of drug-likeness (QED) is 0.276. The summed E-state index contributed by atoms with van der Waals surface area (Å²) in [6.45, 7) is 1.37. The van der Waals surface area contributed by atoms with Crippen LogP contribution in [0.15, 0.2) is 59.5 Å². The van der Waals surface area contributed by atoms with Crippen molar-refractivity contribution in [2.75, 3.05) is 25.2 Å². The number of fused-ring (bicyclic) bond motifs is 4. The van der Waals surface area contributed by atoms with E-state index in [1.807, 2.05) is 6.07 Å². The summed E-state index contributed by atoms with van der Waals surface area (Å²) in [7, 11) is 0. The fourth-order valence-electron chi connectivity index (χ4n) is 4.22. The van der Waals surface area contributed by atoms with Crippen LogP contribution in [0.4, 0.5) is 4.39 Å². The van der Waals surface area contributed by atoms with Gasteiger partial charge in [0.15, 0.2) is 5.69 Å². The fourth-order valence-corrected chi connectivity index (χ4v) is 6.66. The molecule has 6 rings (SSSR count). The molecule has 10 heteroatoms. The van der Waals surface area contributed by atoms with Crippen LogP contribution < -0.4 is 19.5 Å². The molecule has 1 unspecified atom stereocenters. The molecule has 0 bridgehead atoms. The molecule has 0 saturated carbocycles. The summed E-state index contributed by atoms with van der Waals surface area (Å²) in [6, 6.07) is 15.1. The van der Waals surface area contributed by atoms with Gasteiger partial charge in [0.2, 0.25) is 11.2 Å². The van der Waals surface area contributed by atoms with Gasteiger partial charge in [-0.1, -0.05) is 0 Å². The maximum absolute atomic E-state index is 13.2. The Kier molecular flexibility index (Phi) is 6.65. The van der Waals surface area contributed by atoms with Crippen LogP contribution in [-0.2, 0) is 16.5 Å². The second kappa shape index (κ2) is 9.83. The van der Waals surface area contributed by atoms with Crippen LogP contribution in [0.5, 0.6) is 5.75 Å². The standard InChI is InChI=1S/C14H11FSe.C10H11N3O4S/c15-13-6-5-10-7-11-3-1-2-4-14(11)16-9-12(10)8-13;14-6-1-2-13-8(9(6)17-18)10(15)12-3-4-16-5-7(12)11-13/h1-6,8H,7,9H2;1-2,7,11,18H,3-5H2. The number of rotatable bonds is 1. The zero-order valence-corrected chi connectivity index (χ0v) is 20.7.